The van der Waals surface area contributed by atoms with Gasteiger partial charge in [0.15, 0.2) is 0 Å². The van der Waals surface area contributed by atoms with Gasteiger partial charge in [0, 0.05) is 17.0 Å². The van der Waals surface area contributed by atoms with Crippen LogP contribution in [0.15, 0.2) is 66.8 Å². The third-order valence-corrected chi connectivity index (χ3v) is 10.6. The van der Waals surface area contributed by atoms with Crippen LogP contribution < -0.4 is 4.90 Å². The molecule has 4 aliphatic rings. The molecule has 2 fully saturated rings. The Bertz CT molecular complexity index is 1390. The van der Waals surface area contributed by atoms with Crippen molar-refractivity contribution in [1.29, 1.82) is 0 Å². The maximum Gasteiger partial charge on any atom is 0.311 e. The number of carbonyl (C=O) groups excluding carboxylic acids is 3. The van der Waals surface area contributed by atoms with E-state index >= 15 is 0 Å². The molecule has 2 aromatic carbocycles. The molecule has 2 amide bonds. The van der Waals surface area contributed by atoms with Crippen LogP contribution in [-0.2, 0) is 19.1 Å². The maximum atomic E-state index is 14.6. The predicted molar refractivity (Wildman–Crippen MR) is 152 cm³/mol. The van der Waals surface area contributed by atoms with Crippen molar-refractivity contribution >= 4 is 46.0 Å². The third kappa shape index (κ3) is 3.94. The Kier molecular flexibility index (Phi) is 6.58. The molecule has 0 saturated carbocycles. The number of likely N-dealkylation sites (tertiary alicyclic amines) is 1. The number of hydrogen-bond acceptors (Lipinski definition) is 6. The topological polar surface area (TPSA) is 87.2 Å². The first-order valence-corrected chi connectivity index (χ1v) is 14.6. The molecule has 8 heteroatoms. The maximum absolute atomic E-state index is 14.6. The lowest BCUT2D eigenvalue weighted by molar-refractivity contribution is -0.154. The van der Waals surface area contributed by atoms with Gasteiger partial charge in [0.2, 0.25) is 5.91 Å². The summed E-state index contributed by atoms with van der Waals surface area (Å²) in [5, 5.41) is 12.4. The van der Waals surface area contributed by atoms with E-state index in [0.717, 1.165) is 29.3 Å². The molecule has 204 valence electrons. The summed E-state index contributed by atoms with van der Waals surface area (Å²) in [4.78, 5) is 45.9. The lowest BCUT2D eigenvalue weighted by Crippen LogP contribution is -2.56. The quantitative estimate of drug-likeness (QED) is 0.459. The summed E-state index contributed by atoms with van der Waals surface area (Å²) in [7, 11) is 0. The number of esters is 1. The summed E-state index contributed by atoms with van der Waals surface area (Å²) in [5.41, 5.74) is 0.754. The van der Waals surface area contributed by atoms with Gasteiger partial charge in [-0.1, -0.05) is 61.6 Å². The largest absolute Gasteiger partial charge is 0.465 e. The summed E-state index contributed by atoms with van der Waals surface area (Å²) >= 11 is 1.53. The summed E-state index contributed by atoms with van der Waals surface area (Å²) in [6, 6.07) is 12.5. The first-order chi connectivity index (χ1) is 18.8. The Hall–Kier alpha value is -3.10. The standard InChI is InChI=1S/C31H34N2O5S/c1-3-22(19-34)33-26-28(36)32(23-13-12-20-10-5-6-11-21(20)18-23)16-9-15-31(26)24(27(33)35)25-29(37)38-17-8-4-7-14-30(25,2)39-31/h5-7,9-15,18,22,24-26,34H,3-4,8,16-17,19H2,1-2H3/b14-7-/t22-,24-,25-,26?,30+,31-/m0/s1. The minimum absolute atomic E-state index is 0.196. The molecule has 6 rings (SSSR count). The number of nitrogens with zero attached hydrogens (tertiary/aromatic N) is 2. The average molecular weight is 547 g/mol. The van der Waals surface area contributed by atoms with Crippen LogP contribution in [0.25, 0.3) is 10.8 Å². The fourth-order valence-electron chi connectivity index (χ4n) is 6.96. The fourth-order valence-corrected chi connectivity index (χ4v) is 9.10. The number of allylic oxidation sites excluding steroid dienone is 1. The summed E-state index contributed by atoms with van der Waals surface area (Å²) in [6.07, 6.45) is 10.1. The van der Waals surface area contributed by atoms with Crippen molar-refractivity contribution in [2.45, 2.75) is 54.7 Å². The highest BCUT2D eigenvalue weighted by Gasteiger charge is 2.74. The number of anilines is 1. The Morgan fingerprint density at radius 1 is 1.05 bits per heavy atom. The number of benzene rings is 2. The van der Waals surface area contributed by atoms with Gasteiger partial charge in [0.1, 0.15) is 6.04 Å². The second-order valence-electron chi connectivity index (χ2n) is 11.1. The monoisotopic (exact) mass is 546 g/mol. The summed E-state index contributed by atoms with van der Waals surface area (Å²) < 4.78 is 4.00. The normalized spacial score (nSPS) is 33.9. The summed E-state index contributed by atoms with van der Waals surface area (Å²) in [5.74, 6) is -2.35. The van der Waals surface area contributed by atoms with Gasteiger partial charge in [-0.2, -0.15) is 0 Å². The smallest absolute Gasteiger partial charge is 0.311 e. The Morgan fingerprint density at radius 3 is 2.62 bits per heavy atom. The van der Waals surface area contributed by atoms with E-state index in [0.29, 0.717) is 19.6 Å². The second-order valence-corrected chi connectivity index (χ2v) is 12.9. The number of amides is 2. The van der Waals surface area contributed by atoms with Crippen LogP contribution in [0.2, 0.25) is 0 Å². The minimum atomic E-state index is -0.968. The van der Waals surface area contributed by atoms with Gasteiger partial charge in [-0.3, -0.25) is 14.4 Å². The number of aliphatic hydroxyl groups is 1. The number of cyclic esters (lactones) is 1. The van der Waals surface area contributed by atoms with E-state index in [1.54, 1.807) is 9.80 Å². The molecule has 6 atom stereocenters. The molecule has 7 nitrogen and oxygen atoms in total. The molecule has 2 aromatic rings. The Balaban J connectivity index is 1.50. The van der Waals surface area contributed by atoms with Crippen molar-refractivity contribution in [3.05, 3.63) is 66.8 Å². The van der Waals surface area contributed by atoms with Crippen LogP contribution in [-0.4, -0.2) is 69.1 Å². The van der Waals surface area contributed by atoms with Gasteiger partial charge in [-0.05, 0) is 49.1 Å². The van der Waals surface area contributed by atoms with Gasteiger partial charge in [0.05, 0.1) is 35.8 Å². The van der Waals surface area contributed by atoms with Gasteiger partial charge >= 0.3 is 5.97 Å². The molecule has 0 aromatic heterocycles. The Morgan fingerprint density at radius 2 is 1.85 bits per heavy atom. The molecule has 4 heterocycles. The number of fused-ring (bicyclic) bond motifs is 3. The number of carbonyl (C=O) groups is 3. The van der Waals surface area contributed by atoms with Crippen molar-refractivity contribution in [1.82, 2.24) is 4.90 Å². The number of ether oxygens (including phenoxy) is 1. The number of aliphatic hydroxyl groups excluding tert-OH is 1. The van der Waals surface area contributed by atoms with E-state index in [2.05, 4.69) is 6.08 Å². The highest BCUT2D eigenvalue weighted by atomic mass is 32.2. The van der Waals surface area contributed by atoms with Crippen LogP contribution in [0.1, 0.15) is 33.1 Å². The zero-order chi connectivity index (χ0) is 27.4. The van der Waals surface area contributed by atoms with Crippen molar-refractivity contribution < 1.29 is 24.2 Å². The van der Waals surface area contributed by atoms with Crippen molar-refractivity contribution in [2.75, 3.05) is 24.7 Å². The van der Waals surface area contributed by atoms with E-state index in [9.17, 15) is 19.5 Å². The molecule has 0 radical (unpaired) electrons. The SMILES string of the molecule is CC[C@@H](CO)N1C(=O)[C@@H]2[C@H]3C(=O)OCCC/C=C\[C@@]3(C)S[C@@]23C=CCN(c2ccc4ccccc4c2)C(=O)C13. The highest BCUT2D eigenvalue weighted by Crippen LogP contribution is 2.65. The molecular formula is C31H34N2O5S. The molecule has 2 saturated heterocycles. The lowest BCUT2D eigenvalue weighted by atomic mass is 9.74. The van der Waals surface area contributed by atoms with Crippen LogP contribution in [0, 0.1) is 11.8 Å². The molecule has 1 N–H and O–H groups in total. The van der Waals surface area contributed by atoms with E-state index in [1.165, 1.54) is 11.8 Å². The van der Waals surface area contributed by atoms with E-state index in [4.69, 9.17) is 4.74 Å². The number of hydrogen-bond donors (Lipinski definition) is 1. The molecule has 39 heavy (non-hydrogen) atoms. The van der Waals surface area contributed by atoms with Gasteiger partial charge in [-0.25, -0.2) is 0 Å². The van der Waals surface area contributed by atoms with Crippen LogP contribution in [0.4, 0.5) is 5.69 Å². The summed E-state index contributed by atoms with van der Waals surface area (Å²) in [6.45, 7) is 4.29. The first kappa shape index (κ1) is 26.1. The van der Waals surface area contributed by atoms with Crippen LogP contribution in [0.5, 0.6) is 0 Å². The predicted octanol–water partition coefficient (Wildman–Crippen LogP) is 4.09. The molecule has 0 bridgehead atoms. The highest BCUT2D eigenvalue weighted by molar-refractivity contribution is 8.02. The zero-order valence-corrected chi connectivity index (χ0v) is 23.1. The number of rotatable bonds is 4. The average Bonchev–Trinajstić information content (AvgIpc) is 3.29. The molecule has 4 aliphatic heterocycles. The molecule has 1 spiro atoms. The lowest BCUT2D eigenvalue weighted by Gasteiger charge is -2.39. The third-order valence-electron chi connectivity index (χ3n) is 8.81. The Labute approximate surface area is 232 Å². The van der Waals surface area contributed by atoms with E-state index < -0.39 is 33.4 Å². The molecule has 0 aliphatic carbocycles. The van der Waals surface area contributed by atoms with Crippen molar-refractivity contribution in [3.8, 4) is 0 Å². The van der Waals surface area contributed by atoms with Gasteiger partial charge in [0.25, 0.3) is 5.91 Å². The number of thioether (sulfide) groups is 1. The fraction of sp³-hybridized carbons (Fsp3) is 0.452. The van der Waals surface area contributed by atoms with Crippen LogP contribution >= 0.6 is 11.8 Å². The second kappa shape index (κ2) is 9.82. The molecular weight excluding hydrogens is 512 g/mol. The molecule has 1 unspecified atom stereocenters. The zero-order valence-electron chi connectivity index (χ0n) is 22.3. The minimum Gasteiger partial charge on any atom is -0.465 e. The van der Waals surface area contributed by atoms with E-state index in [1.807, 2.05) is 74.5 Å². The van der Waals surface area contributed by atoms with Crippen molar-refractivity contribution in [2.24, 2.45) is 11.8 Å². The van der Waals surface area contributed by atoms with Gasteiger partial charge in [-0.15, -0.1) is 11.8 Å². The van der Waals surface area contributed by atoms with Crippen molar-refractivity contribution in [3.63, 3.8) is 0 Å². The first-order valence-electron chi connectivity index (χ1n) is 13.8. The van der Waals surface area contributed by atoms with Crippen LogP contribution in [0.3, 0.4) is 0 Å². The van der Waals surface area contributed by atoms with E-state index in [-0.39, 0.29) is 24.4 Å². The van der Waals surface area contributed by atoms with Gasteiger partial charge < -0.3 is 19.6 Å².